The summed E-state index contributed by atoms with van der Waals surface area (Å²) in [5, 5.41) is 15.2. The monoisotopic (exact) mass is 510 g/mol. The molecule has 8 heteroatoms. The SMILES string of the molecule is COc1ccc([C@@H]2C(=C(O)c3ccc(Br)cc3)C(=O)C(=O)N2c2cc(C(C)(C)C)on2)cc1. The molecule has 2 heterocycles. The van der Waals surface area contributed by atoms with Gasteiger partial charge in [0.2, 0.25) is 0 Å². The first-order chi connectivity index (χ1) is 15.6. The highest BCUT2D eigenvalue weighted by atomic mass is 79.9. The minimum atomic E-state index is -0.891. The van der Waals surface area contributed by atoms with Gasteiger partial charge < -0.3 is 14.4 Å². The minimum Gasteiger partial charge on any atom is -0.507 e. The number of halogens is 1. The number of carbonyl (C=O) groups excluding carboxylic acids is 2. The second kappa shape index (κ2) is 8.51. The number of benzene rings is 2. The molecule has 0 bridgehead atoms. The lowest BCUT2D eigenvalue weighted by atomic mass is 9.93. The van der Waals surface area contributed by atoms with Crippen molar-refractivity contribution < 1.29 is 24.0 Å². The molecule has 0 unspecified atom stereocenters. The van der Waals surface area contributed by atoms with Crippen molar-refractivity contribution in [2.45, 2.75) is 32.2 Å². The van der Waals surface area contributed by atoms with Gasteiger partial charge in [0.15, 0.2) is 5.82 Å². The number of hydrogen-bond acceptors (Lipinski definition) is 6. The Morgan fingerprint density at radius 1 is 1.09 bits per heavy atom. The Morgan fingerprint density at radius 2 is 1.73 bits per heavy atom. The number of methoxy groups -OCH3 is 1. The number of ketones is 1. The van der Waals surface area contributed by atoms with Gasteiger partial charge in [0.25, 0.3) is 5.78 Å². The Kier molecular flexibility index (Phi) is 5.88. The maximum absolute atomic E-state index is 13.2. The van der Waals surface area contributed by atoms with Crippen LogP contribution < -0.4 is 9.64 Å². The molecule has 170 valence electrons. The Bertz CT molecular complexity index is 1240. The fourth-order valence-corrected chi connectivity index (χ4v) is 3.93. The van der Waals surface area contributed by atoms with Crippen LogP contribution in [0.25, 0.3) is 5.76 Å². The molecular formula is C25H23BrN2O5. The first-order valence-electron chi connectivity index (χ1n) is 10.3. The molecule has 4 rings (SSSR count). The van der Waals surface area contributed by atoms with Crippen LogP contribution >= 0.6 is 15.9 Å². The number of Topliss-reactive ketones (excluding diaryl/α,β-unsaturated/α-hetero) is 1. The smallest absolute Gasteiger partial charge is 0.301 e. The van der Waals surface area contributed by atoms with Gasteiger partial charge in [0.1, 0.15) is 17.3 Å². The van der Waals surface area contributed by atoms with Crippen molar-refractivity contribution in [3.05, 3.63) is 81.5 Å². The molecule has 1 aromatic heterocycles. The number of amides is 1. The van der Waals surface area contributed by atoms with Crippen LogP contribution in [0.1, 0.15) is 43.7 Å². The van der Waals surface area contributed by atoms with Crippen molar-refractivity contribution in [1.29, 1.82) is 0 Å². The number of aromatic nitrogens is 1. The summed E-state index contributed by atoms with van der Waals surface area (Å²) < 4.78 is 11.5. The van der Waals surface area contributed by atoms with Gasteiger partial charge in [-0.15, -0.1) is 0 Å². The van der Waals surface area contributed by atoms with Gasteiger partial charge in [-0.25, -0.2) is 0 Å². The zero-order chi connectivity index (χ0) is 23.9. The van der Waals surface area contributed by atoms with Crippen LogP contribution in [0.2, 0.25) is 0 Å². The van der Waals surface area contributed by atoms with E-state index in [-0.39, 0.29) is 22.6 Å². The van der Waals surface area contributed by atoms with Gasteiger partial charge in [-0.3, -0.25) is 14.5 Å². The standard InChI is InChI=1S/C25H23BrN2O5/c1-25(2,3)18-13-19(27-33-18)28-21(14-7-11-17(32-4)12-8-14)20(23(30)24(28)31)22(29)15-5-9-16(26)10-6-15/h5-13,21,29H,1-4H3/t21-/m1/s1. The minimum absolute atomic E-state index is 0.0206. The number of hydrogen-bond donors (Lipinski definition) is 1. The predicted molar refractivity (Wildman–Crippen MR) is 127 cm³/mol. The highest BCUT2D eigenvalue weighted by Gasteiger charge is 2.48. The molecule has 0 aliphatic carbocycles. The van der Waals surface area contributed by atoms with Crippen LogP contribution in [0.5, 0.6) is 5.75 Å². The molecule has 1 fully saturated rings. The van der Waals surface area contributed by atoms with E-state index in [2.05, 4.69) is 21.1 Å². The second-order valence-electron chi connectivity index (χ2n) is 8.75. The first kappa shape index (κ1) is 22.8. The van der Waals surface area contributed by atoms with E-state index in [4.69, 9.17) is 9.26 Å². The summed E-state index contributed by atoms with van der Waals surface area (Å²) in [5.74, 6) is -0.443. The van der Waals surface area contributed by atoms with Gasteiger partial charge in [0, 0.05) is 21.5 Å². The fourth-order valence-electron chi connectivity index (χ4n) is 3.67. The van der Waals surface area contributed by atoms with E-state index in [1.807, 2.05) is 20.8 Å². The third-order valence-electron chi connectivity index (χ3n) is 5.48. The summed E-state index contributed by atoms with van der Waals surface area (Å²) in [6.45, 7) is 5.87. The normalized spacial score (nSPS) is 18.1. The molecule has 1 aliphatic heterocycles. The molecule has 3 aromatic rings. The molecule has 1 atom stereocenters. The lowest BCUT2D eigenvalue weighted by Gasteiger charge is -2.23. The molecule has 1 N–H and O–H groups in total. The number of rotatable bonds is 4. The van der Waals surface area contributed by atoms with E-state index in [9.17, 15) is 14.7 Å². The zero-order valence-electron chi connectivity index (χ0n) is 18.6. The molecule has 0 saturated carbocycles. The lowest BCUT2D eigenvalue weighted by Crippen LogP contribution is -2.29. The van der Waals surface area contributed by atoms with E-state index < -0.39 is 17.7 Å². The van der Waals surface area contributed by atoms with E-state index in [1.165, 1.54) is 4.90 Å². The third-order valence-corrected chi connectivity index (χ3v) is 6.01. The Balaban J connectivity index is 1.91. The molecule has 2 aromatic carbocycles. The highest BCUT2D eigenvalue weighted by Crippen LogP contribution is 2.43. The maximum Gasteiger partial charge on any atom is 0.301 e. The number of nitrogens with zero attached hydrogens (tertiary/aromatic N) is 2. The Labute approximate surface area is 199 Å². The van der Waals surface area contributed by atoms with Gasteiger partial charge >= 0.3 is 5.91 Å². The van der Waals surface area contributed by atoms with Gasteiger partial charge in [-0.2, -0.15) is 0 Å². The molecule has 0 radical (unpaired) electrons. The summed E-state index contributed by atoms with van der Waals surface area (Å²) in [5.41, 5.74) is 0.679. The quantitative estimate of drug-likeness (QED) is 0.288. The van der Waals surface area contributed by atoms with Crippen molar-refractivity contribution in [3.8, 4) is 5.75 Å². The van der Waals surface area contributed by atoms with Crippen LogP contribution in [0.4, 0.5) is 5.82 Å². The Morgan fingerprint density at radius 3 is 2.27 bits per heavy atom. The van der Waals surface area contributed by atoms with E-state index in [1.54, 1.807) is 61.7 Å². The number of anilines is 1. The van der Waals surface area contributed by atoms with Crippen LogP contribution in [0.15, 0.2) is 69.2 Å². The first-order valence-corrected chi connectivity index (χ1v) is 11.1. The van der Waals surface area contributed by atoms with Gasteiger partial charge in [0.05, 0.1) is 18.7 Å². The molecule has 1 saturated heterocycles. The largest absolute Gasteiger partial charge is 0.507 e. The van der Waals surface area contributed by atoms with E-state index >= 15 is 0 Å². The van der Waals surface area contributed by atoms with Crippen LogP contribution in [0, 0.1) is 0 Å². The zero-order valence-corrected chi connectivity index (χ0v) is 20.2. The van der Waals surface area contributed by atoms with E-state index in [0.717, 1.165) is 4.47 Å². The predicted octanol–water partition coefficient (Wildman–Crippen LogP) is 5.37. The highest BCUT2D eigenvalue weighted by molar-refractivity contribution is 9.10. The lowest BCUT2D eigenvalue weighted by molar-refractivity contribution is -0.132. The summed E-state index contributed by atoms with van der Waals surface area (Å²) >= 11 is 3.36. The van der Waals surface area contributed by atoms with Crippen LogP contribution in [-0.4, -0.2) is 29.1 Å². The molecule has 1 amide bonds. The Hall–Kier alpha value is -3.39. The second-order valence-corrected chi connectivity index (χ2v) is 9.66. The number of aliphatic hydroxyl groups is 1. The third kappa shape index (κ3) is 4.18. The van der Waals surface area contributed by atoms with Gasteiger partial charge in [-0.1, -0.05) is 66.1 Å². The van der Waals surface area contributed by atoms with Crippen molar-refractivity contribution in [2.75, 3.05) is 12.0 Å². The molecule has 0 spiro atoms. The number of ether oxygens (including phenoxy) is 1. The topological polar surface area (TPSA) is 92.9 Å². The average molecular weight is 511 g/mol. The van der Waals surface area contributed by atoms with Crippen molar-refractivity contribution >= 4 is 39.2 Å². The van der Waals surface area contributed by atoms with Crippen LogP contribution in [-0.2, 0) is 15.0 Å². The van der Waals surface area contributed by atoms with E-state index in [0.29, 0.717) is 22.6 Å². The van der Waals surface area contributed by atoms with Crippen molar-refractivity contribution in [1.82, 2.24) is 5.16 Å². The van der Waals surface area contributed by atoms with Crippen molar-refractivity contribution in [2.24, 2.45) is 0 Å². The average Bonchev–Trinajstić information content (AvgIpc) is 3.37. The number of carbonyl (C=O) groups is 2. The van der Waals surface area contributed by atoms with Crippen LogP contribution in [0.3, 0.4) is 0 Å². The molecule has 1 aliphatic rings. The fraction of sp³-hybridized carbons (Fsp3) is 0.240. The summed E-state index contributed by atoms with van der Waals surface area (Å²) in [4.78, 5) is 27.6. The molecular weight excluding hydrogens is 488 g/mol. The van der Waals surface area contributed by atoms with Crippen molar-refractivity contribution in [3.63, 3.8) is 0 Å². The van der Waals surface area contributed by atoms with Gasteiger partial charge in [-0.05, 0) is 29.8 Å². The maximum atomic E-state index is 13.2. The molecule has 7 nitrogen and oxygen atoms in total. The summed E-state index contributed by atoms with van der Waals surface area (Å²) in [7, 11) is 1.55. The summed E-state index contributed by atoms with van der Waals surface area (Å²) in [6, 6.07) is 14.6. The number of aliphatic hydroxyl groups excluding tert-OH is 1. The summed E-state index contributed by atoms with van der Waals surface area (Å²) in [6.07, 6.45) is 0. The molecule has 33 heavy (non-hydrogen) atoms.